The molecule has 0 atom stereocenters. The Hall–Kier alpha value is -4.46. The van der Waals surface area contributed by atoms with Crippen LogP contribution >= 0.6 is 0 Å². The van der Waals surface area contributed by atoms with Crippen LogP contribution < -0.4 is 15.6 Å². The predicted octanol–water partition coefficient (Wildman–Crippen LogP) is 3.20. The van der Waals surface area contributed by atoms with Crippen LogP contribution in [0, 0.1) is 0 Å². The lowest BCUT2D eigenvalue weighted by Crippen LogP contribution is -2.22. The molecule has 1 amide bonds. The molecule has 0 saturated carbocycles. The molecule has 2 aromatic carbocycles. The molecular formula is C24H19N5O3. The van der Waals surface area contributed by atoms with Gasteiger partial charge < -0.3 is 10.1 Å². The van der Waals surface area contributed by atoms with Crippen molar-refractivity contribution < 1.29 is 9.53 Å². The number of hydrogen-bond acceptors (Lipinski definition) is 5. The fraction of sp³-hybridized carbons (Fsp3) is 0.0833. The molecule has 5 aromatic rings. The molecule has 0 radical (unpaired) electrons. The Morgan fingerprint density at radius 1 is 1.09 bits per heavy atom. The van der Waals surface area contributed by atoms with Crippen molar-refractivity contribution in [3.8, 4) is 11.4 Å². The van der Waals surface area contributed by atoms with E-state index in [0.717, 1.165) is 5.56 Å². The van der Waals surface area contributed by atoms with Gasteiger partial charge in [-0.05, 0) is 54.1 Å². The van der Waals surface area contributed by atoms with Crippen molar-refractivity contribution in [1.29, 1.82) is 0 Å². The number of nitrogens with zero attached hydrogens (tertiary/aromatic N) is 3. The summed E-state index contributed by atoms with van der Waals surface area (Å²) in [5.41, 5.74) is 3.15. The van der Waals surface area contributed by atoms with E-state index in [4.69, 9.17) is 4.74 Å². The highest BCUT2D eigenvalue weighted by Crippen LogP contribution is 2.23. The number of methoxy groups -OCH3 is 1. The second-order valence-corrected chi connectivity index (χ2v) is 7.27. The Bertz CT molecular complexity index is 1490. The Morgan fingerprint density at radius 2 is 1.94 bits per heavy atom. The molecule has 3 heterocycles. The first-order chi connectivity index (χ1) is 15.6. The molecule has 0 aliphatic rings. The first-order valence-electron chi connectivity index (χ1n) is 9.99. The zero-order chi connectivity index (χ0) is 22.1. The lowest BCUT2D eigenvalue weighted by Gasteiger charge is -2.06. The van der Waals surface area contributed by atoms with Gasteiger partial charge >= 0.3 is 0 Å². The number of ether oxygens (including phenoxy) is 1. The number of nitrogens with one attached hydrogen (secondary N) is 2. The fourth-order valence-corrected chi connectivity index (χ4v) is 3.60. The topological polar surface area (TPSA) is 102 Å². The standard InChI is InChI=1S/C24H19N5O3/c1-32-18-7-5-17(6-8-18)29-24(31)20-14-26-21-9-4-16(11-19(21)22(20)28-29)23(30)27-13-15-3-2-10-25-12-15/h2-12,14,28H,13H2,1H3,(H,27,30). The molecule has 2 N–H and O–H groups in total. The van der Waals surface area contributed by atoms with Crippen molar-refractivity contribution in [3.05, 3.63) is 94.7 Å². The van der Waals surface area contributed by atoms with Crippen LogP contribution in [0.1, 0.15) is 15.9 Å². The Kier molecular flexibility index (Phi) is 4.87. The number of hydrogen-bond donors (Lipinski definition) is 2. The second-order valence-electron chi connectivity index (χ2n) is 7.27. The summed E-state index contributed by atoms with van der Waals surface area (Å²) >= 11 is 0. The number of aromatic nitrogens is 4. The minimum absolute atomic E-state index is 0.217. The summed E-state index contributed by atoms with van der Waals surface area (Å²) in [6.07, 6.45) is 4.95. The van der Waals surface area contributed by atoms with E-state index >= 15 is 0 Å². The van der Waals surface area contributed by atoms with E-state index in [0.29, 0.717) is 45.4 Å². The van der Waals surface area contributed by atoms with Crippen molar-refractivity contribution in [2.45, 2.75) is 6.54 Å². The highest BCUT2D eigenvalue weighted by atomic mass is 16.5. The van der Waals surface area contributed by atoms with Gasteiger partial charge in [-0.25, -0.2) is 4.68 Å². The third-order valence-corrected chi connectivity index (χ3v) is 5.29. The highest BCUT2D eigenvalue weighted by molar-refractivity contribution is 6.06. The summed E-state index contributed by atoms with van der Waals surface area (Å²) in [6.45, 7) is 0.373. The van der Waals surface area contributed by atoms with Gasteiger partial charge in [0, 0.05) is 36.1 Å². The van der Waals surface area contributed by atoms with Gasteiger partial charge in [-0.1, -0.05) is 6.07 Å². The van der Waals surface area contributed by atoms with E-state index < -0.39 is 0 Å². The number of pyridine rings is 2. The number of carbonyl (C=O) groups is 1. The van der Waals surface area contributed by atoms with Crippen LogP contribution in [0.4, 0.5) is 0 Å². The minimum atomic E-state index is -0.218. The summed E-state index contributed by atoms with van der Waals surface area (Å²) in [5, 5.41) is 7.20. The van der Waals surface area contributed by atoms with Crippen molar-refractivity contribution in [2.24, 2.45) is 0 Å². The van der Waals surface area contributed by atoms with Gasteiger partial charge in [0.05, 0.1) is 29.2 Å². The maximum absolute atomic E-state index is 13.0. The first kappa shape index (κ1) is 19.5. The third kappa shape index (κ3) is 3.47. The van der Waals surface area contributed by atoms with Gasteiger partial charge in [-0.3, -0.25) is 24.7 Å². The average Bonchev–Trinajstić information content (AvgIpc) is 3.19. The molecule has 8 heteroatoms. The highest BCUT2D eigenvalue weighted by Gasteiger charge is 2.14. The van der Waals surface area contributed by atoms with Crippen LogP contribution in [0.3, 0.4) is 0 Å². The minimum Gasteiger partial charge on any atom is -0.497 e. The summed E-state index contributed by atoms with van der Waals surface area (Å²) in [5.74, 6) is 0.483. The average molecular weight is 425 g/mol. The molecule has 3 aromatic heterocycles. The molecule has 158 valence electrons. The molecule has 0 aliphatic heterocycles. The lowest BCUT2D eigenvalue weighted by molar-refractivity contribution is 0.0951. The zero-order valence-electron chi connectivity index (χ0n) is 17.2. The van der Waals surface area contributed by atoms with Crippen molar-refractivity contribution in [3.63, 3.8) is 0 Å². The second kappa shape index (κ2) is 7.99. The van der Waals surface area contributed by atoms with Crippen LogP contribution in [-0.2, 0) is 6.54 Å². The molecule has 0 fully saturated rings. The number of fused-ring (bicyclic) bond motifs is 3. The molecular weight excluding hydrogens is 406 g/mol. The summed E-state index contributed by atoms with van der Waals surface area (Å²) < 4.78 is 6.65. The van der Waals surface area contributed by atoms with E-state index in [1.807, 2.05) is 12.1 Å². The molecule has 0 bridgehead atoms. The SMILES string of the molecule is COc1ccc(-n2[nH]c3c(cnc4ccc(C(=O)NCc5cccnc5)cc43)c2=O)cc1. The Morgan fingerprint density at radius 3 is 2.69 bits per heavy atom. The van der Waals surface area contributed by atoms with Crippen molar-refractivity contribution in [2.75, 3.05) is 7.11 Å². The maximum Gasteiger partial charge on any atom is 0.280 e. The number of amides is 1. The normalized spacial score (nSPS) is 11.0. The number of rotatable bonds is 5. The summed E-state index contributed by atoms with van der Waals surface area (Å²) in [4.78, 5) is 34.1. The summed E-state index contributed by atoms with van der Waals surface area (Å²) in [7, 11) is 1.59. The van der Waals surface area contributed by atoms with E-state index in [1.165, 1.54) is 4.68 Å². The third-order valence-electron chi connectivity index (χ3n) is 5.29. The van der Waals surface area contributed by atoms with E-state index in [-0.39, 0.29) is 11.5 Å². The van der Waals surface area contributed by atoms with Gasteiger partial charge in [0.15, 0.2) is 0 Å². The predicted molar refractivity (Wildman–Crippen MR) is 121 cm³/mol. The van der Waals surface area contributed by atoms with Crippen LogP contribution in [0.2, 0.25) is 0 Å². The van der Waals surface area contributed by atoms with Crippen molar-refractivity contribution >= 4 is 27.7 Å². The number of carbonyl (C=O) groups excluding carboxylic acids is 1. The van der Waals surface area contributed by atoms with Gasteiger partial charge in [0.1, 0.15) is 5.75 Å². The van der Waals surface area contributed by atoms with Crippen LogP contribution in [-0.4, -0.2) is 32.8 Å². The largest absolute Gasteiger partial charge is 0.497 e. The van der Waals surface area contributed by atoms with E-state index in [1.54, 1.807) is 68.2 Å². The number of H-pyrrole nitrogens is 1. The first-order valence-corrected chi connectivity index (χ1v) is 9.99. The van der Waals surface area contributed by atoms with Gasteiger partial charge in [0.2, 0.25) is 0 Å². The van der Waals surface area contributed by atoms with Gasteiger partial charge in [-0.2, -0.15) is 0 Å². The number of aromatic amines is 1. The molecule has 0 unspecified atom stereocenters. The van der Waals surface area contributed by atoms with Crippen LogP contribution in [0.5, 0.6) is 5.75 Å². The molecule has 32 heavy (non-hydrogen) atoms. The van der Waals surface area contributed by atoms with E-state index in [9.17, 15) is 9.59 Å². The lowest BCUT2D eigenvalue weighted by atomic mass is 10.1. The molecule has 0 saturated heterocycles. The molecule has 8 nitrogen and oxygen atoms in total. The summed E-state index contributed by atoms with van der Waals surface area (Å²) in [6, 6.07) is 16.1. The smallest absolute Gasteiger partial charge is 0.280 e. The number of benzene rings is 2. The maximum atomic E-state index is 13.0. The fourth-order valence-electron chi connectivity index (χ4n) is 3.60. The zero-order valence-corrected chi connectivity index (χ0v) is 17.2. The molecule has 5 rings (SSSR count). The monoisotopic (exact) mass is 425 g/mol. The molecule has 0 spiro atoms. The van der Waals surface area contributed by atoms with Crippen LogP contribution in [0.25, 0.3) is 27.5 Å². The van der Waals surface area contributed by atoms with E-state index in [2.05, 4.69) is 20.4 Å². The Labute approximate surface area is 182 Å². The van der Waals surface area contributed by atoms with Gasteiger partial charge in [-0.15, -0.1) is 0 Å². The molecule has 0 aliphatic carbocycles. The van der Waals surface area contributed by atoms with Gasteiger partial charge in [0.25, 0.3) is 11.5 Å². The van der Waals surface area contributed by atoms with Crippen molar-refractivity contribution in [1.82, 2.24) is 25.1 Å². The quantitative estimate of drug-likeness (QED) is 0.450. The van der Waals surface area contributed by atoms with Crippen LogP contribution in [0.15, 0.2) is 78.0 Å². The Balaban J connectivity index is 1.53.